The van der Waals surface area contributed by atoms with Gasteiger partial charge in [-0.2, -0.15) is 0 Å². The van der Waals surface area contributed by atoms with Crippen molar-refractivity contribution in [2.45, 2.75) is 38.2 Å². The molecular formula is C23H26N2O4. The number of unbranched alkanes of at least 4 members (excludes halogenated alkanes) is 1. The van der Waals surface area contributed by atoms with Crippen LogP contribution in [0.4, 0.5) is 10.5 Å². The minimum atomic E-state index is -0.625. The third-order valence-electron chi connectivity index (χ3n) is 5.47. The van der Waals surface area contributed by atoms with E-state index in [1.807, 2.05) is 42.5 Å². The Labute approximate surface area is 170 Å². The van der Waals surface area contributed by atoms with Crippen molar-refractivity contribution in [3.05, 3.63) is 54.1 Å². The van der Waals surface area contributed by atoms with Gasteiger partial charge in [0.05, 0.1) is 25.1 Å². The molecule has 29 heavy (non-hydrogen) atoms. The second kappa shape index (κ2) is 8.15. The molecule has 1 fully saturated rings. The summed E-state index contributed by atoms with van der Waals surface area (Å²) in [5, 5.41) is 2.92. The van der Waals surface area contributed by atoms with Crippen LogP contribution in [0.25, 0.3) is 0 Å². The van der Waals surface area contributed by atoms with Gasteiger partial charge < -0.3 is 19.7 Å². The van der Waals surface area contributed by atoms with Gasteiger partial charge in [-0.15, -0.1) is 0 Å². The quantitative estimate of drug-likeness (QED) is 0.758. The number of fused-ring (bicyclic) bond motifs is 1. The summed E-state index contributed by atoms with van der Waals surface area (Å²) in [5.41, 5.74) is 0.715. The molecule has 152 valence electrons. The minimum Gasteiger partial charge on any atom is -0.494 e. The molecule has 2 aromatic rings. The zero-order chi connectivity index (χ0) is 20.3. The first-order valence-electron chi connectivity index (χ1n) is 10.2. The van der Waals surface area contributed by atoms with Crippen molar-refractivity contribution in [3.63, 3.8) is 0 Å². The molecule has 1 saturated heterocycles. The van der Waals surface area contributed by atoms with E-state index in [2.05, 4.69) is 12.2 Å². The second-order valence-corrected chi connectivity index (χ2v) is 7.71. The molecule has 1 spiro atoms. The van der Waals surface area contributed by atoms with Crippen LogP contribution < -0.4 is 14.8 Å². The summed E-state index contributed by atoms with van der Waals surface area (Å²) < 4.78 is 11.8. The monoisotopic (exact) mass is 394 g/mol. The third-order valence-corrected chi connectivity index (χ3v) is 5.47. The number of para-hydroxylation sites is 1. The van der Waals surface area contributed by atoms with Gasteiger partial charge in [-0.1, -0.05) is 25.5 Å². The van der Waals surface area contributed by atoms with E-state index in [0.717, 1.165) is 18.6 Å². The van der Waals surface area contributed by atoms with Gasteiger partial charge in [0, 0.05) is 18.7 Å². The van der Waals surface area contributed by atoms with E-state index in [4.69, 9.17) is 9.47 Å². The van der Waals surface area contributed by atoms with E-state index in [0.29, 0.717) is 49.5 Å². The Morgan fingerprint density at radius 3 is 2.79 bits per heavy atom. The number of nitrogens with zero attached hydrogens (tertiary/aromatic N) is 1. The maximum atomic E-state index is 12.7. The van der Waals surface area contributed by atoms with Gasteiger partial charge in [0.2, 0.25) is 0 Å². The molecule has 1 unspecified atom stereocenters. The van der Waals surface area contributed by atoms with E-state index in [-0.39, 0.29) is 11.8 Å². The first-order chi connectivity index (χ1) is 14.1. The van der Waals surface area contributed by atoms with Gasteiger partial charge >= 0.3 is 6.03 Å². The SMILES string of the molecule is CCCCOc1ccc(NC(=O)N2CCC3(CC(=O)c4ccccc4O3)C2)cc1. The van der Waals surface area contributed by atoms with Crippen molar-refractivity contribution >= 4 is 17.5 Å². The Kier molecular flexibility index (Phi) is 5.43. The summed E-state index contributed by atoms with van der Waals surface area (Å²) in [5.74, 6) is 1.49. The lowest BCUT2D eigenvalue weighted by molar-refractivity contribution is 0.0482. The number of rotatable bonds is 5. The average Bonchev–Trinajstić information content (AvgIpc) is 3.12. The smallest absolute Gasteiger partial charge is 0.321 e. The van der Waals surface area contributed by atoms with Crippen molar-refractivity contribution in [2.24, 2.45) is 0 Å². The van der Waals surface area contributed by atoms with Crippen LogP contribution in [0.3, 0.4) is 0 Å². The topological polar surface area (TPSA) is 67.9 Å². The van der Waals surface area contributed by atoms with Crippen LogP contribution in [0.5, 0.6) is 11.5 Å². The number of hydrogen-bond acceptors (Lipinski definition) is 4. The second-order valence-electron chi connectivity index (χ2n) is 7.71. The maximum Gasteiger partial charge on any atom is 0.321 e. The van der Waals surface area contributed by atoms with Crippen LogP contribution in [0.1, 0.15) is 43.0 Å². The predicted molar refractivity (Wildman–Crippen MR) is 111 cm³/mol. The number of carbonyl (C=O) groups excluding carboxylic acids is 2. The summed E-state index contributed by atoms with van der Waals surface area (Å²) in [6.07, 6.45) is 3.05. The van der Waals surface area contributed by atoms with E-state index >= 15 is 0 Å². The summed E-state index contributed by atoms with van der Waals surface area (Å²) in [4.78, 5) is 27.0. The number of benzene rings is 2. The number of urea groups is 1. The first kappa shape index (κ1) is 19.3. The van der Waals surface area contributed by atoms with Crippen LogP contribution in [0, 0.1) is 0 Å². The fourth-order valence-electron chi connectivity index (χ4n) is 3.86. The van der Waals surface area contributed by atoms with Crippen LogP contribution >= 0.6 is 0 Å². The number of carbonyl (C=O) groups is 2. The number of hydrogen-bond donors (Lipinski definition) is 1. The number of anilines is 1. The van der Waals surface area contributed by atoms with Crippen molar-refractivity contribution < 1.29 is 19.1 Å². The normalized spacial score (nSPS) is 20.3. The molecule has 2 heterocycles. The molecule has 1 N–H and O–H groups in total. The molecule has 6 nitrogen and oxygen atoms in total. The zero-order valence-corrected chi connectivity index (χ0v) is 16.6. The summed E-state index contributed by atoms with van der Waals surface area (Å²) >= 11 is 0. The third kappa shape index (κ3) is 4.21. The standard InChI is InChI=1S/C23H26N2O4/c1-2-3-14-28-18-10-8-17(9-11-18)24-22(27)25-13-12-23(16-25)15-20(26)19-6-4-5-7-21(19)29-23/h4-11H,2-3,12-16H2,1H3,(H,24,27). The van der Waals surface area contributed by atoms with Gasteiger partial charge in [-0.05, 0) is 42.8 Å². The number of amides is 2. The van der Waals surface area contributed by atoms with Crippen LogP contribution in [-0.4, -0.2) is 42.0 Å². The lowest BCUT2D eigenvalue weighted by Gasteiger charge is -2.34. The largest absolute Gasteiger partial charge is 0.494 e. The lowest BCUT2D eigenvalue weighted by Crippen LogP contribution is -2.45. The zero-order valence-electron chi connectivity index (χ0n) is 16.6. The highest BCUT2D eigenvalue weighted by molar-refractivity contribution is 6.00. The molecule has 1 atom stereocenters. The molecule has 0 saturated carbocycles. The molecule has 2 aliphatic rings. The Hall–Kier alpha value is -3.02. The lowest BCUT2D eigenvalue weighted by atomic mass is 9.89. The first-order valence-corrected chi connectivity index (χ1v) is 10.2. The fraction of sp³-hybridized carbons (Fsp3) is 0.391. The van der Waals surface area contributed by atoms with Gasteiger partial charge in [0.15, 0.2) is 5.78 Å². The van der Waals surface area contributed by atoms with Gasteiger partial charge in [0.25, 0.3) is 0 Å². The van der Waals surface area contributed by atoms with Gasteiger partial charge in [-0.3, -0.25) is 4.79 Å². The van der Waals surface area contributed by atoms with Crippen molar-refractivity contribution in [1.29, 1.82) is 0 Å². The summed E-state index contributed by atoms with van der Waals surface area (Å²) in [6.45, 7) is 3.77. The fourth-order valence-corrected chi connectivity index (χ4v) is 3.86. The predicted octanol–water partition coefficient (Wildman–Crippen LogP) is 4.51. The number of ether oxygens (including phenoxy) is 2. The van der Waals surface area contributed by atoms with Crippen LogP contribution in [0.15, 0.2) is 48.5 Å². The number of likely N-dealkylation sites (tertiary alicyclic amines) is 1. The molecule has 0 radical (unpaired) electrons. The van der Waals surface area contributed by atoms with Crippen LogP contribution in [0.2, 0.25) is 0 Å². The van der Waals surface area contributed by atoms with E-state index in [9.17, 15) is 9.59 Å². The number of nitrogens with one attached hydrogen (secondary N) is 1. The maximum absolute atomic E-state index is 12.7. The summed E-state index contributed by atoms with van der Waals surface area (Å²) in [6, 6.07) is 14.5. The molecule has 2 amide bonds. The number of Topliss-reactive ketones (excluding diaryl/α,β-unsaturated/α-hetero) is 1. The highest BCUT2D eigenvalue weighted by Gasteiger charge is 2.46. The van der Waals surface area contributed by atoms with E-state index in [1.165, 1.54) is 0 Å². The molecular weight excluding hydrogens is 368 g/mol. The van der Waals surface area contributed by atoms with Crippen LogP contribution in [-0.2, 0) is 0 Å². The molecule has 6 heteroatoms. The Morgan fingerprint density at radius 1 is 1.21 bits per heavy atom. The Bertz CT molecular complexity index is 896. The highest BCUT2D eigenvalue weighted by Crippen LogP contribution is 2.38. The van der Waals surface area contributed by atoms with Crippen molar-refractivity contribution in [3.8, 4) is 11.5 Å². The molecule has 0 aliphatic carbocycles. The average molecular weight is 394 g/mol. The minimum absolute atomic E-state index is 0.0766. The van der Waals surface area contributed by atoms with Gasteiger partial charge in [0.1, 0.15) is 17.1 Å². The Balaban J connectivity index is 1.36. The van der Waals surface area contributed by atoms with Crippen molar-refractivity contribution in [2.75, 3.05) is 25.0 Å². The van der Waals surface area contributed by atoms with E-state index in [1.54, 1.807) is 11.0 Å². The van der Waals surface area contributed by atoms with Crippen molar-refractivity contribution in [1.82, 2.24) is 4.90 Å². The molecule has 0 aromatic heterocycles. The van der Waals surface area contributed by atoms with Gasteiger partial charge in [-0.25, -0.2) is 4.79 Å². The molecule has 2 aliphatic heterocycles. The molecule has 0 bridgehead atoms. The highest BCUT2D eigenvalue weighted by atomic mass is 16.5. The van der Waals surface area contributed by atoms with E-state index < -0.39 is 5.60 Å². The summed E-state index contributed by atoms with van der Waals surface area (Å²) in [7, 11) is 0. The molecule has 2 aromatic carbocycles. The Morgan fingerprint density at radius 2 is 2.00 bits per heavy atom. The number of ketones is 1. The molecule has 4 rings (SSSR count).